The van der Waals surface area contributed by atoms with E-state index in [1.54, 1.807) is 0 Å². The number of guanidine groups is 1. The second kappa shape index (κ2) is 9.25. The van der Waals surface area contributed by atoms with Crippen LogP contribution in [-0.2, 0) is 15.1 Å². The Morgan fingerprint density at radius 1 is 1.53 bits per heavy atom. The number of carbonyl (C=O) groups is 1. The Balaban J connectivity index is 2.05. The highest BCUT2D eigenvalue weighted by Crippen LogP contribution is 2.39. The van der Waals surface area contributed by atoms with Crippen LogP contribution in [0.4, 0.5) is 5.82 Å². The van der Waals surface area contributed by atoms with Crippen LogP contribution in [0.3, 0.4) is 0 Å². The van der Waals surface area contributed by atoms with E-state index in [1.807, 2.05) is 6.07 Å². The van der Waals surface area contributed by atoms with Crippen LogP contribution in [0.15, 0.2) is 33.4 Å². The number of hydrogen-bond acceptors (Lipinski definition) is 10. The first-order valence-corrected chi connectivity index (χ1v) is 8.96. The Kier molecular flexibility index (Phi) is 6.98. The number of carbonyl (C=O) groups excluding carboxylic acids is 1. The first-order valence-electron chi connectivity index (χ1n) is 8.96. The molecular weight excluding hydrogens is 396 g/mol. The Labute approximate surface area is 171 Å². The van der Waals surface area contributed by atoms with Gasteiger partial charge < -0.3 is 37.9 Å². The number of nitrogen functional groups attached to an aromatic ring is 1. The van der Waals surface area contributed by atoms with Crippen molar-refractivity contribution in [3.8, 4) is 6.07 Å². The SMILES string of the molecule is N#C[C@@]1(n2ccc(N)nc2=O)CC(COC(=O)[C@@H](N)CCCN=C(N)N)=C(O)C1O. The molecule has 1 aromatic heterocycles. The van der Waals surface area contributed by atoms with Crippen molar-refractivity contribution in [3.05, 3.63) is 34.1 Å². The van der Waals surface area contributed by atoms with Gasteiger partial charge in [0.1, 0.15) is 30.3 Å². The Hall–Kier alpha value is -3.63. The number of aliphatic imine (C=N–C) groups is 1. The normalized spacial score (nSPS) is 21.7. The summed E-state index contributed by atoms with van der Waals surface area (Å²) in [6.07, 6.45) is -0.0861. The number of aliphatic hydroxyl groups excluding tert-OH is 2. The van der Waals surface area contributed by atoms with Gasteiger partial charge in [0.05, 0.1) is 6.07 Å². The molecule has 13 nitrogen and oxygen atoms in total. The van der Waals surface area contributed by atoms with Gasteiger partial charge in [-0.2, -0.15) is 10.2 Å². The van der Waals surface area contributed by atoms with Crippen LogP contribution in [-0.4, -0.2) is 57.0 Å². The van der Waals surface area contributed by atoms with Crippen LogP contribution in [0.25, 0.3) is 0 Å². The lowest BCUT2D eigenvalue weighted by atomic mass is 9.94. The van der Waals surface area contributed by atoms with E-state index >= 15 is 0 Å². The fourth-order valence-corrected chi connectivity index (χ4v) is 3.05. The van der Waals surface area contributed by atoms with Crippen molar-refractivity contribution in [3.63, 3.8) is 0 Å². The number of rotatable bonds is 8. The zero-order valence-corrected chi connectivity index (χ0v) is 16.1. The van der Waals surface area contributed by atoms with E-state index in [-0.39, 0.29) is 30.2 Å². The minimum absolute atomic E-state index is 0.0583. The van der Waals surface area contributed by atoms with Gasteiger partial charge in [-0.05, 0) is 18.9 Å². The van der Waals surface area contributed by atoms with Gasteiger partial charge in [-0.15, -0.1) is 0 Å². The summed E-state index contributed by atoms with van der Waals surface area (Å²) in [7, 11) is 0. The van der Waals surface area contributed by atoms with Gasteiger partial charge >= 0.3 is 11.7 Å². The van der Waals surface area contributed by atoms with Crippen molar-refractivity contribution in [2.24, 2.45) is 22.2 Å². The summed E-state index contributed by atoms with van der Waals surface area (Å²) in [6.45, 7) is -0.111. The lowest BCUT2D eigenvalue weighted by Gasteiger charge is -2.27. The van der Waals surface area contributed by atoms with Crippen molar-refractivity contribution in [2.75, 3.05) is 18.9 Å². The highest BCUT2D eigenvalue weighted by Gasteiger charge is 2.50. The first-order chi connectivity index (χ1) is 14.1. The highest BCUT2D eigenvalue weighted by molar-refractivity contribution is 5.76. The molecular formula is C17H24N8O5. The van der Waals surface area contributed by atoms with Crippen LogP contribution in [0, 0.1) is 11.3 Å². The summed E-state index contributed by atoms with van der Waals surface area (Å²) in [6, 6.07) is 2.19. The summed E-state index contributed by atoms with van der Waals surface area (Å²) < 4.78 is 5.98. The molecule has 1 aliphatic carbocycles. The number of anilines is 1. The molecule has 30 heavy (non-hydrogen) atoms. The third-order valence-electron chi connectivity index (χ3n) is 4.66. The molecule has 0 fully saturated rings. The minimum Gasteiger partial charge on any atom is -0.509 e. The molecule has 162 valence electrons. The average molecular weight is 420 g/mol. The molecule has 1 aromatic rings. The third kappa shape index (κ3) is 4.67. The molecule has 0 aliphatic heterocycles. The van der Waals surface area contributed by atoms with Crippen molar-refractivity contribution in [2.45, 2.75) is 36.9 Å². The Morgan fingerprint density at radius 2 is 2.23 bits per heavy atom. The van der Waals surface area contributed by atoms with Crippen LogP contribution < -0.4 is 28.6 Å². The molecule has 0 saturated heterocycles. The molecule has 2 rings (SSSR count). The summed E-state index contributed by atoms with van der Waals surface area (Å²) >= 11 is 0. The van der Waals surface area contributed by atoms with Crippen molar-refractivity contribution >= 4 is 17.7 Å². The summed E-state index contributed by atoms with van der Waals surface area (Å²) in [4.78, 5) is 31.5. The fraction of sp³-hybridized carbons (Fsp3) is 0.471. The minimum atomic E-state index is -1.86. The van der Waals surface area contributed by atoms with Crippen molar-refractivity contribution in [1.82, 2.24) is 9.55 Å². The molecule has 0 spiro atoms. The molecule has 10 N–H and O–H groups in total. The molecule has 1 heterocycles. The Morgan fingerprint density at radius 3 is 2.83 bits per heavy atom. The molecule has 0 saturated carbocycles. The number of ether oxygens (including phenoxy) is 1. The van der Waals surface area contributed by atoms with Gasteiger partial charge in [0, 0.05) is 24.7 Å². The highest BCUT2D eigenvalue weighted by atomic mass is 16.5. The number of nitrogens with zero attached hydrogens (tertiary/aromatic N) is 4. The lowest BCUT2D eigenvalue weighted by Crippen LogP contribution is -2.47. The third-order valence-corrected chi connectivity index (χ3v) is 4.66. The van der Waals surface area contributed by atoms with Crippen LogP contribution in [0.5, 0.6) is 0 Å². The Bertz CT molecular complexity index is 962. The number of nitriles is 1. The van der Waals surface area contributed by atoms with E-state index < -0.39 is 41.7 Å². The maximum atomic E-state index is 12.2. The molecule has 1 unspecified atom stereocenters. The predicted octanol–water partition coefficient (Wildman–Crippen LogP) is -2.45. The lowest BCUT2D eigenvalue weighted by molar-refractivity contribution is -0.144. The molecule has 0 bridgehead atoms. The standard InChI is InChI=1S/C17H24N8O5/c18-8-17(25-5-3-11(20)24-16(25)29)6-9(12(26)13(17)27)7-30-14(28)10(19)2-1-4-23-15(21)22/h3,5,10,13,26-27H,1-2,4,6-7,19H2,(H2,20,24,29)(H4,21,22,23)/t10-,13?,17-/m0/s1. The number of aromatic nitrogens is 2. The van der Waals surface area contributed by atoms with E-state index in [4.69, 9.17) is 27.7 Å². The summed E-state index contributed by atoms with van der Waals surface area (Å²) in [5.74, 6) is -1.42. The largest absolute Gasteiger partial charge is 0.509 e. The summed E-state index contributed by atoms with van der Waals surface area (Å²) in [5.41, 5.74) is 19.0. The van der Waals surface area contributed by atoms with Gasteiger partial charge in [0.15, 0.2) is 11.5 Å². The first kappa shape index (κ1) is 22.7. The molecule has 0 aromatic carbocycles. The van der Waals surface area contributed by atoms with Crippen molar-refractivity contribution < 1.29 is 19.7 Å². The monoisotopic (exact) mass is 420 g/mol. The zero-order chi connectivity index (χ0) is 22.5. The second-order valence-electron chi connectivity index (χ2n) is 6.77. The van der Waals surface area contributed by atoms with E-state index in [1.165, 1.54) is 12.3 Å². The van der Waals surface area contributed by atoms with E-state index in [0.29, 0.717) is 13.0 Å². The van der Waals surface area contributed by atoms with E-state index in [2.05, 4.69) is 9.98 Å². The molecule has 13 heteroatoms. The van der Waals surface area contributed by atoms with Crippen LogP contribution in [0.2, 0.25) is 0 Å². The van der Waals surface area contributed by atoms with Gasteiger partial charge in [-0.3, -0.25) is 14.4 Å². The topological polar surface area (TPSA) is 242 Å². The van der Waals surface area contributed by atoms with Crippen LogP contribution >= 0.6 is 0 Å². The van der Waals surface area contributed by atoms with E-state index in [0.717, 1.165) is 4.57 Å². The molecule has 0 amide bonds. The van der Waals surface area contributed by atoms with Gasteiger partial charge in [0.2, 0.25) is 0 Å². The maximum absolute atomic E-state index is 12.2. The smallest absolute Gasteiger partial charge is 0.350 e. The molecule has 3 atom stereocenters. The number of aliphatic hydroxyl groups is 2. The van der Waals surface area contributed by atoms with Gasteiger partial charge in [-0.1, -0.05) is 0 Å². The second-order valence-corrected chi connectivity index (χ2v) is 6.77. The van der Waals surface area contributed by atoms with Crippen LogP contribution in [0.1, 0.15) is 19.3 Å². The molecule has 0 radical (unpaired) electrons. The number of esters is 1. The fourth-order valence-electron chi connectivity index (χ4n) is 3.05. The zero-order valence-electron chi connectivity index (χ0n) is 16.1. The van der Waals surface area contributed by atoms with E-state index in [9.17, 15) is 25.1 Å². The number of nitrogens with two attached hydrogens (primary N) is 4. The average Bonchev–Trinajstić information content (AvgIpc) is 2.94. The maximum Gasteiger partial charge on any atom is 0.350 e. The van der Waals surface area contributed by atoms with Crippen molar-refractivity contribution in [1.29, 1.82) is 5.26 Å². The number of hydrogen-bond donors (Lipinski definition) is 6. The predicted molar refractivity (Wildman–Crippen MR) is 106 cm³/mol. The quantitative estimate of drug-likeness (QED) is 0.111. The van der Waals surface area contributed by atoms with Gasteiger partial charge in [0.25, 0.3) is 0 Å². The molecule has 1 aliphatic rings. The summed E-state index contributed by atoms with van der Waals surface area (Å²) in [5, 5.41) is 30.4. The van der Waals surface area contributed by atoms with Gasteiger partial charge in [-0.25, -0.2) is 4.79 Å².